The fourth-order valence-corrected chi connectivity index (χ4v) is 1.69. The van der Waals surface area contributed by atoms with Crippen molar-refractivity contribution >= 4 is 11.8 Å². The van der Waals surface area contributed by atoms with E-state index in [0.29, 0.717) is 12.2 Å². The molecule has 2 rings (SSSR count). The van der Waals surface area contributed by atoms with Gasteiger partial charge in [0.15, 0.2) is 0 Å². The molecule has 0 unspecified atom stereocenters. The van der Waals surface area contributed by atoms with E-state index < -0.39 is 0 Å². The molecule has 1 aliphatic heterocycles. The minimum absolute atomic E-state index is 0.106. The first-order valence-corrected chi connectivity index (χ1v) is 6.11. The molecule has 0 saturated carbocycles. The SMILES string of the molecule is COc1ccc(CN=NC2=CC(=O)N(C)C(=O)C2)cc1. The summed E-state index contributed by atoms with van der Waals surface area (Å²) in [6.07, 6.45) is 1.44. The molecule has 0 saturated heterocycles. The first-order chi connectivity index (χ1) is 9.60. The Morgan fingerprint density at radius 2 is 1.95 bits per heavy atom. The van der Waals surface area contributed by atoms with E-state index in [1.54, 1.807) is 7.11 Å². The highest BCUT2D eigenvalue weighted by Crippen LogP contribution is 2.15. The summed E-state index contributed by atoms with van der Waals surface area (Å²) < 4.78 is 5.06. The normalized spacial score (nSPS) is 15.7. The lowest BCUT2D eigenvalue weighted by Gasteiger charge is -2.17. The van der Waals surface area contributed by atoms with Crippen LogP contribution in [-0.4, -0.2) is 30.9 Å². The van der Waals surface area contributed by atoms with Crippen molar-refractivity contribution in [3.8, 4) is 5.75 Å². The number of amides is 2. The van der Waals surface area contributed by atoms with Crippen LogP contribution in [0.2, 0.25) is 0 Å². The van der Waals surface area contributed by atoms with Gasteiger partial charge in [-0.2, -0.15) is 10.2 Å². The van der Waals surface area contributed by atoms with Crippen LogP contribution in [0.3, 0.4) is 0 Å². The molecule has 1 aromatic rings. The number of hydrogen-bond donors (Lipinski definition) is 0. The van der Waals surface area contributed by atoms with Crippen molar-refractivity contribution in [2.45, 2.75) is 13.0 Å². The van der Waals surface area contributed by atoms with Crippen LogP contribution in [0.15, 0.2) is 46.3 Å². The summed E-state index contributed by atoms with van der Waals surface area (Å²) in [6, 6.07) is 7.45. The topological polar surface area (TPSA) is 71.3 Å². The van der Waals surface area contributed by atoms with Crippen molar-refractivity contribution in [2.75, 3.05) is 14.2 Å². The number of nitrogens with zero attached hydrogens (tertiary/aromatic N) is 3. The zero-order valence-electron chi connectivity index (χ0n) is 11.4. The van der Waals surface area contributed by atoms with Gasteiger partial charge in [-0.1, -0.05) is 12.1 Å². The van der Waals surface area contributed by atoms with Crippen LogP contribution >= 0.6 is 0 Å². The number of benzene rings is 1. The molecule has 0 spiro atoms. The lowest BCUT2D eigenvalue weighted by Crippen LogP contribution is -2.35. The maximum absolute atomic E-state index is 11.5. The summed E-state index contributed by atoms with van der Waals surface area (Å²) >= 11 is 0. The second kappa shape index (κ2) is 6.10. The Morgan fingerprint density at radius 1 is 1.25 bits per heavy atom. The van der Waals surface area contributed by atoms with Crippen LogP contribution in [0.5, 0.6) is 5.75 Å². The Hall–Kier alpha value is -2.50. The average Bonchev–Trinajstić information content (AvgIpc) is 2.45. The monoisotopic (exact) mass is 273 g/mol. The maximum atomic E-state index is 11.5. The largest absolute Gasteiger partial charge is 0.497 e. The van der Waals surface area contributed by atoms with Crippen LogP contribution in [-0.2, 0) is 16.1 Å². The summed E-state index contributed by atoms with van der Waals surface area (Å²) in [5.41, 5.74) is 1.37. The smallest absolute Gasteiger partial charge is 0.254 e. The van der Waals surface area contributed by atoms with E-state index in [1.807, 2.05) is 24.3 Å². The molecule has 1 aromatic carbocycles. The average molecular weight is 273 g/mol. The molecule has 0 aliphatic carbocycles. The Labute approximate surface area is 116 Å². The first kappa shape index (κ1) is 13.9. The Kier molecular flexibility index (Phi) is 4.24. The van der Waals surface area contributed by atoms with Crippen molar-refractivity contribution in [1.82, 2.24) is 4.90 Å². The van der Waals surface area contributed by atoms with Crippen LogP contribution in [0.4, 0.5) is 0 Å². The molecule has 6 nitrogen and oxygen atoms in total. The van der Waals surface area contributed by atoms with Crippen molar-refractivity contribution in [3.05, 3.63) is 41.6 Å². The molecule has 6 heteroatoms. The van der Waals surface area contributed by atoms with Crippen LogP contribution < -0.4 is 4.74 Å². The van der Waals surface area contributed by atoms with Gasteiger partial charge in [-0.3, -0.25) is 14.5 Å². The molecule has 1 aliphatic rings. The highest BCUT2D eigenvalue weighted by molar-refractivity contribution is 6.04. The van der Waals surface area contributed by atoms with E-state index in [2.05, 4.69) is 10.2 Å². The molecule has 20 heavy (non-hydrogen) atoms. The van der Waals surface area contributed by atoms with Gasteiger partial charge in [-0.05, 0) is 17.7 Å². The third-order valence-electron chi connectivity index (χ3n) is 2.94. The minimum Gasteiger partial charge on any atom is -0.497 e. The molecule has 104 valence electrons. The predicted molar refractivity (Wildman–Crippen MR) is 72.0 cm³/mol. The third kappa shape index (κ3) is 3.28. The summed E-state index contributed by atoms with van der Waals surface area (Å²) in [7, 11) is 3.06. The second-order valence-electron chi connectivity index (χ2n) is 4.35. The first-order valence-electron chi connectivity index (χ1n) is 6.11. The minimum atomic E-state index is -0.361. The van der Waals surface area contributed by atoms with Crippen LogP contribution in [0, 0.1) is 0 Å². The second-order valence-corrected chi connectivity index (χ2v) is 4.35. The van der Waals surface area contributed by atoms with Crippen LogP contribution in [0.25, 0.3) is 0 Å². The van der Waals surface area contributed by atoms with Gasteiger partial charge in [-0.25, -0.2) is 0 Å². The zero-order valence-corrected chi connectivity index (χ0v) is 11.4. The molecule has 0 atom stereocenters. The van der Waals surface area contributed by atoms with Gasteiger partial charge in [0.2, 0.25) is 5.91 Å². The number of hydrogen-bond acceptors (Lipinski definition) is 5. The molecule has 0 aromatic heterocycles. The van der Waals surface area contributed by atoms with Gasteiger partial charge in [-0.15, -0.1) is 0 Å². The van der Waals surface area contributed by atoms with Crippen molar-refractivity contribution in [3.63, 3.8) is 0 Å². The molecule has 0 fully saturated rings. The zero-order chi connectivity index (χ0) is 14.5. The number of imide groups is 1. The van der Waals surface area contributed by atoms with Gasteiger partial charge in [0.1, 0.15) is 5.75 Å². The molecule has 0 radical (unpaired) electrons. The number of methoxy groups -OCH3 is 1. The molecular formula is C14H15N3O3. The van der Waals surface area contributed by atoms with E-state index in [1.165, 1.54) is 13.1 Å². The third-order valence-corrected chi connectivity index (χ3v) is 2.94. The van der Waals surface area contributed by atoms with E-state index in [4.69, 9.17) is 4.74 Å². The van der Waals surface area contributed by atoms with Crippen LogP contribution in [0.1, 0.15) is 12.0 Å². The molecule has 1 heterocycles. The van der Waals surface area contributed by atoms with Gasteiger partial charge < -0.3 is 4.74 Å². The predicted octanol–water partition coefficient (Wildman–Crippen LogP) is 1.92. The molecule has 0 bridgehead atoms. The van der Waals surface area contributed by atoms with Gasteiger partial charge in [0, 0.05) is 13.1 Å². The number of rotatable bonds is 4. The van der Waals surface area contributed by atoms with Gasteiger partial charge in [0.25, 0.3) is 5.91 Å². The molecular weight excluding hydrogens is 258 g/mol. The Morgan fingerprint density at radius 3 is 2.55 bits per heavy atom. The van der Waals surface area contributed by atoms with E-state index in [9.17, 15) is 9.59 Å². The van der Waals surface area contributed by atoms with E-state index in [0.717, 1.165) is 16.2 Å². The fraction of sp³-hybridized carbons (Fsp3) is 0.286. The molecule has 0 N–H and O–H groups in total. The number of ether oxygens (including phenoxy) is 1. The van der Waals surface area contributed by atoms with Gasteiger partial charge >= 0.3 is 0 Å². The van der Waals surface area contributed by atoms with Crippen molar-refractivity contribution < 1.29 is 14.3 Å². The standard InChI is InChI=1S/C14H15N3O3/c1-17-13(18)7-11(8-14(17)19)16-15-9-10-3-5-12(20-2)6-4-10/h3-7H,8-9H2,1-2H3. The Bertz CT molecular complexity index is 576. The van der Waals surface area contributed by atoms with Crippen molar-refractivity contribution in [2.24, 2.45) is 10.2 Å². The van der Waals surface area contributed by atoms with Gasteiger partial charge in [0.05, 0.1) is 25.8 Å². The quantitative estimate of drug-likeness (QED) is 0.621. The van der Waals surface area contributed by atoms with Crippen molar-refractivity contribution in [1.29, 1.82) is 0 Å². The maximum Gasteiger partial charge on any atom is 0.254 e. The number of carbonyl (C=O) groups excluding carboxylic acids is 2. The summed E-state index contributed by atoms with van der Waals surface area (Å²) in [6.45, 7) is 0.388. The Balaban J connectivity index is 1.98. The van der Waals surface area contributed by atoms with E-state index >= 15 is 0 Å². The molecule has 2 amide bonds. The highest BCUT2D eigenvalue weighted by Gasteiger charge is 2.22. The number of likely N-dealkylation sites (N-methyl/N-ethyl adjacent to an activating group) is 1. The lowest BCUT2D eigenvalue weighted by atomic mass is 10.2. The summed E-state index contributed by atoms with van der Waals surface area (Å²) in [5.74, 6) is 0.149. The number of carbonyl (C=O) groups is 2. The van der Waals surface area contributed by atoms with E-state index in [-0.39, 0.29) is 18.2 Å². The lowest BCUT2D eigenvalue weighted by molar-refractivity contribution is -0.140. The fourth-order valence-electron chi connectivity index (χ4n) is 1.69. The summed E-state index contributed by atoms with van der Waals surface area (Å²) in [5, 5.41) is 7.95. The highest BCUT2D eigenvalue weighted by atomic mass is 16.5. The number of azo groups is 1. The summed E-state index contributed by atoms with van der Waals surface area (Å²) in [4.78, 5) is 24.0.